The molecule has 2 atom stereocenters. The van der Waals surface area contributed by atoms with E-state index in [1.54, 1.807) is 0 Å². The highest BCUT2D eigenvalue weighted by Crippen LogP contribution is 2.31. The molecular weight excluding hydrogens is 216 g/mol. The normalized spacial score (nSPS) is 29.5. The highest BCUT2D eigenvalue weighted by Gasteiger charge is 2.42. The Bertz CT molecular complexity index is 284. The van der Waals surface area contributed by atoms with E-state index in [4.69, 9.17) is 4.74 Å². The number of hydrogen-bond acceptors (Lipinski definition) is 3. The molecule has 0 bridgehead atoms. The van der Waals surface area contributed by atoms with Gasteiger partial charge in [0.15, 0.2) is 0 Å². The molecular formula is C13H24N2O2. The van der Waals surface area contributed by atoms with E-state index >= 15 is 0 Å². The van der Waals surface area contributed by atoms with E-state index in [2.05, 4.69) is 11.8 Å². The Hall–Kier alpha value is -0.770. The van der Waals surface area contributed by atoms with Gasteiger partial charge in [0.25, 0.3) is 0 Å². The summed E-state index contributed by atoms with van der Waals surface area (Å²) in [5, 5.41) is 0. The van der Waals surface area contributed by atoms with E-state index in [1.165, 1.54) is 0 Å². The Balaban J connectivity index is 1.86. The molecule has 4 heteroatoms. The number of likely N-dealkylation sites (tertiary alicyclic amines) is 2. The predicted octanol–water partition coefficient (Wildman–Crippen LogP) is 1.80. The summed E-state index contributed by atoms with van der Waals surface area (Å²) in [7, 11) is 0. The van der Waals surface area contributed by atoms with Gasteiger partial charge < -0.3 is 14.5 Å². The summed E-state index contributed by atoms with van der Waals surface area (Å²) in [4.78, 5) is 16.3. The van der Waals surface area contributed by atoms with Crippen molar-refractivity contribution in [3.63, 3.8) is 0 Å². The fourth-order valence-electron chi connectivity index (χ4n) is 2.82. The average Bonchev–Trinajstić information content (AvgIpc) is 2.70. The lowest BCUT2D eigenvalue weighted by molar-refractivity contribution is 0.0275. The SMILES string of the molecule is CCN1C[C@H]2CN(C(=O)OC(C)(C)C)C[C@@H]2C1. The van der Waals surface area contributed by atoms with Crippen molar-refractivity contribution >= 4 is 6.09 Å². The molecule has 98 valence electrons. The van der Waals surface area contributed by atoms with Gasteiger partial charge in [-0.05, 0) is 39.2 Å². The number of carbonyl (C=O) groups excluding carboxylic acids is 1. The Morgan fingerprint density at radius 2 is 1.71 bits per heavy atom. The molecule has 0 N–H and O–H groups in total. The minimum Gasteiger partial charge on any atom is -0.444 e. The molecule has 0 saturated carbocycles. The average molecular weight is 240 g/mol. The first kappa shape index (κ1) is 12.7. The lowest BCUT2D eigenvalue weighted by Crippen LogP contribution is -2.37. The van der Waals surface area contributed by atoms with Crippen molar-refractivity contribution in [3.8, 4) is 0 Å². The Morgan fingerprint density at radius 3 is 2.12 bits per heavy atom. The molecule has 2 heterocycles. The van der Waals surface area contributed by atoms with Crippen molar-refractivity contribution in [2.24, 2.45) is 11.8 Å². The summed E-state index contributed by atoms with van der Waals surface area (Å²) in [6.45, 7) is 13.1. The number of fused-ring (bicyclic) bond motifs is 1. The molecule has 0 aromatic carbocycles. The summed E-state index contributed by atoms with van der Waals surface area (Å²) in [6.07, 6.45) is -0.144. The first-order chi connectivity index (χ1) is 7.89. The second-order valence-corrected chi connectivity index (χ2v) is 6.26. The van der Waals surface area contributed by atoms with Crippen LogP contribution in [0.1, 0.15) is 27.7 Å². The van der Waals surface area contributed by atoms with Crippen LogP contribution in [0.4, 0.5) is 4.79 Å². The smallest absolute Gasteiger partial charge is 0.410 e. The van der Waals surface area contributed by atoms with Crippen LogP contribution < -0.4 is 0 Å². The van der Waals surface area contributed by atoms with Gasteiger partial charge in [-0.2, -0.15) is 0 Å². The number of hydrogen-bond donors (Lipinski definition) is 0. The van der Waals surface area contributed by atoms with Gasteiger partial charge in [-0.15, -0.1) is 0 Å². The second-order valence-electron chi connectivity index (χ2n) is 6.26. The molecule has 4 nitrogen and oxygen atoms in total. The number of rotatable bonds is 1. The first-order valence-corrected chi connectivity index (χ1v) is 6.59. The minimum atomic E-state index is -0.385. The highest BCUT2D eigenvalue weighted by atomic mass is 16.6. The molecule has 2 aliphatic heterocycles. The maximum Gasteiger partial charge on any atom is 0.410 e. The standard InChI is InChI=1S/C13H24N2O2/c1-5-14-6-10-8-15(9-11(10)7-14)12(16)17-13(2,3)4/h10-11H,5-9H2,1-4H3/t10-,11-/m0/s1. The van der Waals surface area contributed by atoms with Crippen molar-refractivity contribution in [1.82, 2.24) is 9.80 Å². The molecule has 0 radical (unpaired) electrons. The lowest BCUT2D eigenvalue weighted by Gasteiger charge is -2.25. The molecule has 0 aromatic rings. The third-order valence-electron chi connectivity index (χ3n) is 3.66. The van der Waals surface area contributed by atoms with Crippen LogP contribution >= 0.6 is 0 Å². The summed E-state index contributed by atoms with van der Waals surface area (Å²) < 4.78 is 5.41. The van der Waals surface area contributed by atoms with E-state index in [-0.39, 0.29) is 11.7 Å². The van der Waals surface area contributed by atoms with E-state index < -0.39 is 0 Å². The summed E-state index contributed by atoms with van der Waals surface area (Å²) in [5.41, 5.74) is -0.385. The molecule has 2 saturated heterocycles. The maximum absolute atomic E-state index is 11.9. The van der Waals surface area contributed by atoms with E-state index in [0.717, 1.165) is 32.7 Å². The van der Waals surface area contributed by atoms with Crippen LogP contribution in [0.25, 0.3) is 0 Å². The second kappa shape index (κ2) is 4.48. The Labute approximate surface area is 104 Å². The van der Waals surface area contributed by atoms with Gasteiger partial charge >= 0.3 is 6.09 Å². The third kappa shape index (κ3) is 2.92. The van der Waals surface area contributed by atoms with Crippen LogP contribution in [0.3, 0.4) is 0 Å². The van der Waals surface area contributed by atoms with Crippen molar-refractivity contribution in [3.05, 3.63) is 0 Å². The Kier molecular flexibility index (Phi) is 3.34. The van der Waals surface area contributed by atoms with Gasteiger partial charge in [0.2, 0.25) is 0 Å². The van der Waals surface area contributed by atoms with Crippen LogP contribution in [-0.4, -0.2) is 54.2 Å². The maximum atomic E-state index is 11.9. The highest BCUT2D eigenvalue weighted by molar-refractivity contribution is 5.68. The molecule has 17 heavy (non-hydrogen) atoms. The number of ether oxygens (including phenoxy) is 1. The van der Waals surface area contributed by atoms with Crippen LogP contribution in [-0.2, 0) is 4.74 Å². The van der Waals surface area contributed by atoms with Crippen LogP contribution in [0.15, 0.2) is 0 Å². The van der Waals surface area contributed by atoms with Gasteiger partial charge in [0, 0.05) is 26.2 Å². The van der Waals surface area contributed by atoms with Crippen LogP contribution in [0.5, 0.6) is 0 Å². The minimum absolute atomic E-state index is 0.144. The number of carbonyl (C=O) groups is 1. The van der Waals surface area contributed by atoms with Crippen molar-refractivity contribution < 1.29 is 9.53 Å². The quantitative estimate of drug-likeness (QED) is 0.700. The zero-order chi connectivity index (χ0) is 12.6. The van der Waals surface area contributed by atoms with Gasteiger partial charge in [-0.1, -0.05) is 6.92 Å². The zero-order valence-electron chi connectivity index (χ0n) is 11.4. The van der Waals surface area contributed by atoms with Crippen molar-refractivity contribution in [1.29, 1.82) is 0 Å². The summed E-state index contributed by atoms with van der Waals surface area (Å²) in [6, 6.07) is 0. The monoisotopic (exact) mass is 240 g/mol. The fourth-order valence-corrected chi connectivity index (χ4v) is 2.82. The van der Waals surface area contributed by atoms with Crippen LogP contribution in [0.2, 0.25) is 0 Å². The fraction of sp³-hybridized carbons (Fsp3) is 0.923. The van der Waals surface area contributed by atoms with Gasteiger partial charge in [-0.25, -0.2) is 4.79 Å². The zero-order valence-corrected chi connectivity index (χ0v) is 11.4. The molecule has 0 aromatic heterocycles. The van der Waals surface area contributed by atoms with E-state index in [1.807, 2.05) is 25.7 Å². The molecule has 0 unspecified atom stereocenters. The molecule has 2 aliphatic rings. The van der Waals surface area contributed by atoms with Crippen LogP contribution in [0, 0.1) is 11.8 Å². The predicted molar refractivity (Wildman–Crippen MR) is 66.9 cm³/mol. The molecule has 1 amide bonds. The summed E-state index contributed by atoms with van der Waals surface area (Å²) in [5.74, 6) is 1.31. The van der Waals surface area contributed by atoms with E-state index in [0.29, 0.717) is 11.8 Å². The lowest BCUT2D eigenvalue weighted by atomic mass is 10.0. The third-order valence-corrected chi connectivity index (χ3v) is 3.66. The largest absolute Gasteiger partial charge is 0.444 e. The van der Waals surface area contributed by atoms with Gasteiger partial charge in [0.05, 0.1) is 0 Å². The van der Waals surface area contributed by atoms with Crippen molar-refractivity contribution in [2.45, 2.75) is 33.3 Å². The van der Waals surface area contributed by atoms with Crippen molar-refractivity contribution in [2.75, 3.05) is 32.7 Å². The number of amides is 1. The van der Waals surface area contributed by atoms with E-state index in [9.17, 15) is 4.79 Å². The topological polar surface area (TPSA) is 32.8 Å². The molecule has 0 aliphatic carbocycles. The van der Waals surface area contributed by atoms with Gasteiger partial charge in [0.1, 0.15) is 5.60 Å². The number of nitrogens with zero attached hydrogens (tertiary/aromatic N) is 2. The molecule has 2 rings (SSSR count). The first-order valence-electron chi connectivity index (χ1n) is 6.59. The summed E-state index contributed by atoms with van der Waals surface area (Å²) >= 11 is 0. The molecule has 0 spiro atoms. The molecule has 2 fully saturated rings. The van der Waals surface area contributed by atoms with Gasteiger partial charge in [-0.3, -0.25) is 0 Å². The Morgan fingerprint density at radius 1 is 1.18 bits per heavy atom.